The van der Waals surface area contributed by atoms with Crippen LogP contribution in [0, 0.1) is 11.8 Å². The molecule has 1 aliphatic heterocycles. The number of aliphatic imine (C=N–C) groups is 1. The number of carboxylic acids is 3. The van der Waals surface area contributed by atoms with Gasteiger partial charge in [-0.05, 0) is 62.8 Å². The Morgan fingerprint density at radius 2 is 1.16 bits per heavy atom. The average Bonchev–Trinajstić information content (AvgIpc) is 4.03. The minimum Gasteiger partial charge on any atom is -0.481 e. The van der Waals surface area contributed by atoms with E-state index >= 15 is 0 Å². The number of aliphatic hydroxyl groups excluding tert-OH is 2. The molecule has 0 unspecified atom stereocenters. The molecule has 0 aliphatic carbocycles. The van der Waals surface area contributed by atoms with E-state index in [-0.39, 0.29) is 69.9 Å². The highest BCUT2D eigenvalue weighted by Gasteiger charge is 2.41. The van der Waals surface area contributed by atoms with E-state index < -0.39 is 175 Å². The number of carboxylic acid groups (broad SMARTS) is 3. The van der Waals surface area contributed by atoms with Crippen molar-refractivity contribution >= 4 is 82.9 Å². The maximum absolute atomic E-state index is 14.1. The normalized spacial score (nSPS) is 16.6. The van der Waals surface area contributed by atoms with Crippen LogP contribution in [-0.4, -0.2) is 200 Å². The van der Waals surface area contributed by atoms with Gasteiger partial charge in [-0.3, -0.25) is 62.5 Å². The van der Waals surface area contributed by atoms with Crippen molar-refractivity contribution in [3.05, 3.63) is 35.9 Å². The zero-order valence-corrected chi connectivity index (χ0v) is 46.8. The molecule has 1 aliphatic rings. The topological polar surface area (TPSA) is 539 Å². The van der Waals surface area contributed by atoms with Crippen LogP contribution in [0.3, 0.4) is 0 Å². The van der Waals surface area contributed by atoms with Gasteiger partial charge >= 0.3 is 17.9 Å². The fourth-order valence-electron chi connectivity index (χ4n) is 8.48. The molecule has 32 nitrogen and oxygen atoms in total. The summed E-state index contributed by atoms with van der Waals surface area (Å²) in [5.74, 6) is -16.2. The quantitative estimate of drug-likeness (QED) is 0.0169. The van der Waals surface area contributed by atoms with Crippen LogP contribution in [0.2, 0.25) is 0 Å². The van der Waals surface area contributed by atoms with Crippen molar-refractivity contribution < 1.29 is 87.9 Å². The number of nitrogens with zero attached hydrogens (tertiary/aromatic N) is 2. The van der Waals surface area contributed by atoms with Gasteiger partial charge in [-0.25, -0.2) is 4.79 Å². The lowest BCUT2D eigenvalue weighted by molar-refractivity contribution is -0.145. The van der Waals surface area contributed by atoms with E-state index in [0.717, 1.165) is 11.8 Å². The smallest absolute Gasteiger partial charge is 0.326 e. The highest BCUT2D eigenvalue weighted by Crippen LogP contribution is 2.20. The minimum atomic E-state index is -2.09. The van der Waals surface area contributed by atoms with Gasteiger partial charge in [0.05, 0.1) is 31.6 Å². The molecule has 11 atom stereocenters. The first-order valence-corrected chi connectivity index (χ1v) is 26.7. The lowest BCUT2D eigenvalue weighted by Crippen LogP contribution is -2.62. The van der Waals surface area contributed by atoms with Crippen LogP contribution in [-0.2, 0) is 68.7 Å². The fraction of sp³-hybridized carbons (Fsp3) is 0.608. The minimum absolute atomic E-state index is 0.0110. The van der Waals surface area contributed by atoms with E-state index in [1.165, 1.54) is 0 Å². The molecule has 1 saturated heterocycles. The van der Waals surface area contributed by atoms with Gasteiger partial charge in [-0.1, -0.05) is 58.0 Å². The molecular formula is C51H80N14O18. The van der Waals surface area contributed by atoms with E-state index in [4.69, 9.17) is 28.0 Å². The van der Waals surface area contributed by atoms with Gasteiger partial charge in [0, 0.05) is 25.9 Å². The first kappa shape index (κ1) is 70.6. The summed E-state index contributed by atoms with van der Waals surface area (Å²) in [7, 11) is 0. The van der Waals surface area contributed by atoms with Gasteiger partial charge in [0.2, 0.25) is 59.1 Å². The lowest BCUT2D eigenvalue weighted by Gasteiger charge is -2.30. The molecule has 21 N–H and O–H groups in total. The van der Waals surface area contributed by atoms with Gasteiger partial charge in [0.1, 0.15) is 54.4 Å². The van der Waals surface area contributed by atoms with E-state index in [0.29, 0.717) is 5.56 Å². The van der Waals surface area contributed by atoms with Crippen LogP contribution in [0.15, 0.2) is 35.3 Å². The largest absolute Gasteiger partial charge is 0.481 e. The van der Waals surface area contributed by atoms with E-state index in [1.807, 2.05) is 0 Å². The van der Waals surface area contributed by atoms with Crippen molar-refractivity contribution in [2.24, 2.45) is 39.8 Å². The SMILES string of the molecule is CC(C)C[C@H](NC(=O)[C@@H](N)CCC(=O)O)C(=O)N[C@H](C(=O)N[C@@H](CCCN=C(N)N)C(=O)N[C@H](C(=O)N[C@@H](CC(=O)O)C(=O)N[C@@H](CO)C(=O)N1CCC[C@H]1C(=O)N[C@@H](CC(N)=O)C(=O)N[C@@H](Cc1ccccc1)C(=O)O)[C@@H](C)O)C(C)C. The maximum atomic E-state index is 14.1. The summed E-state index contributed by atoms with van der Waals surface area (Å²) in [5.41, 5.74) is 22.6. The third-order valence-corrected chi connectivity index (χ3v) is 12.8. The first-order valence-electron chi connectivity index (χ1n) is 26.7. The molecule has 0 aromatic heterocycles. The molecule has 1 heterocycles. The molecule has 0 spiro atoms. The van der Waals surface area contributed by atoms with Crippen LogP contribution < -0.4 is 65.5 Å². The summed E-state index contributed by atoms with van der Waals surface area (Å²) < 4.78 is 0. The molecule has 32 heteroatoms. The van der Waals surface area contributed by atoms with Crippen molar-refractivity contribution in [3.63, 3.8) is 0 Å². The number of hydrogen-bond donors (Lipinski definition) is 17. The summed E-state index contributed by atoms with van der Waals surface area (Å²) >= 11 is 0. The number of benzene rings is 1. The zero-order valence-electron chi connectivity index (χ0n) is 46.8. The molecule has 1 aromatic rings. The molecular weight excluding hydrogens is 1100 g/mol. The second-order valence-electron chi connectivity index (χ2n) is 20.6. The Balaban J connectivity index is 2.34. The number of rotatable bonds is 36. The number of carbonyl (C=O) groups is 13. The molecule has 462 valence electrons. The highest BCUT2D eigenvalue weighted by atomic mass is 16.4. The van der Waals surface area contributed by atoms with E-state index in [2.05, 4.69) is 47.5 Å². The monoisotopic (exact) mass is 1180 g/mol. The van der Waals surface area contributed by atoms with Crippen molar-refractivity contribution in [1.29, 1.82) is 0 Å². The Morgan fingerprint density at radius 1 is 0.627 bits per heavy atom. The summed E-state index contributed by atoms with van der Waals surface area (Å²) in [5, 5.41) is 68.4. The fourth-order valence-corrected chi connectivity index (χ4v) is 8.48. The molecule has 1 fully saturated rings. The molecule has 10 amide bonds. The molecule has 2 rings (SSSR count). The maximum Gasteiger partial charge on any atom is 0.326 e. The molecule has 0 radical (unpaired) electrons. The van der Waals surface area contributed by atoms with Gasteiger partial charge in [-0.2, -0.15) is 0 Å². The van der Waals surface area contributed by atoms with Gasteiger partial charge in [0.25, 0.3) is 0 Å². The molecule has 0 bridgehead atoms. The lowest BCUT2D eigenvalue weighted by atomic mass is 9.99. The second kappa shape index (κ2) is 34.7. The summed E-state index contributed by atoms with van der Waals surface area (Å²) in [4.78, 5) is 175. The predicted molar refractivity (Wildman–Crippen MR) is 292 cm³/mol. The van der Waals surface area contributed by atoms with Crippen LogP contribution in [0.4, 0.5) is 0 Å². The molecule has 0 saturated carbocycles. The number of primary amides is 1. The Morgan fingerprint density at radius 3 is 1.69 bits per heavy atom. The number of nitrogens with one attached hydrogen (secondary N) is 8. The number of amides is 10. The second-order valence-corrected chi connectivity index (χ2v) is 20.6. The molecule has 83 heavy (non-hydrogen) atoms. The number of hydrogen-bond acceptors (Lipinski definition) is 17. The number of likely N-dealkylation sites (tertiary alicyclic amines) is 1. The zero-order chi connectivity index (χ0) is 62.8. The van der Waals surface area contributed by atoms with Crippen LogP contribution >= 0.6 is 0 Å². The Kier molecular flexibility index (Phi) is 29.5. The Bertz CT molecular complexity index is 2490. The average molecular weight is 1180 g/mol. The van der Waals surface area contributed by atoms with Crippen LogP contribution in [0.1, 0.15) is 98.0 Å². The van der Waals surface area contributed by atoms with E-state index in [1.54, 1.807) is 58.0 Å². The van der Waals surface area contributed by atoms with Gasteiger partial charge < -0.3 is 95.9 Å². The van der Waals surface area contributed by atoms with Crippen molar-refractivity contribution in [3.8, 4) is 0 Å². The third kappa shape index (κ3) is 24.6. The van der Waals surface area contributed by atoms with Crippen molar-refractivity contribution in [2.45, 2.75) is 165 Å². The summed E-state index contributed by atoms with van der Waals surface area (Å²) in [6.07, 6.45) is -4.65. The number of aliphatic hydroxyl groups is 2. The van der Waals surface area contributed by atoms with Crippen LogP contribution in [0.5, 0.6) is 0 Å². The molecule has 1 aromatic carbocycles. The van der Waals surface area contributed by atoms with Gasteiger partial charge in [0.15, 0.2) is 5.96 Å². The van der Waals surface area contributed by atoms with Crippen molar-refractivity contribution in [2.75, 3.05) is 19.7 Å². The predicted octanol–water partition coefficient (Wildman–Crippen LogP) is -6.15. The third-order valence-electron chi connectivity index (χ3n) is 12.8. The summed E-state index contributed by atoms with van der Waals surface area (Å²) in [6.45, 7) is 6.27. The first-order chi connectivity index (χ1) is 38.9. The number of guanidine groups is 1. The van der Waals surface area contributed by atoms with E-state index in [9.17, 15) is 82.8 Å². The van der Waals surface area contributed by atoms with Crippen molar-refractivity contribution in [1.82, 2.24) is 47.4 Å². The van der Waals surface area contributed by atoms with Crippen LogP contribution in [0.25, 0.3) is 0 Å². The number of aliphatic carboxylic acids is 3. The Labute approximate surface area is 477 Å². The highest BCUT2D eigenvalue weighted by molar-refractivity contribution is 6.00. The number of carbonyl (C=O) groups excluding carboxylic acids is 10. The standard InChI is InChI=1S/C51H80N14O18/c1-24(2)19-30(58-41(73)28(52)15-16-37(69)70)45(77)63-39(25(3)4)47(79)57-29(13-9-17-56-51(54)55)42(74)64-40(26(5)67)48(80)60-32(22-38(71)72)44(76)62-34(23-66)49(81)65-18-10-14-35(65)46(78)59-31(21-36(53)68)43(75)61-33(50(82)83)20-27-11-7-6-8-12-27/h6-8,11-12,24-26,28-35,39-40,66-67H,9-10,13-23,52H2,1-5H3,(H2,53,68)(H,57,79)(H,58,73)(H,59,78)(H,60,80)(H,61,75)(H,62,76)(H,63,77)(H,64,74)(H,69,70)(H,71,72)(H,82,83)(H4,54,55,56)/t26-,28+,29+,30+,31+,32+,33+,34+,35+,39+,40+/m1/s1. The van der Waals surface area contributed by atoms with Gasteiger partial charge in [-0.15, -0.1) is 0 Å². The summed E-state index contributed by atoms with van der Waals surface area (Å²) in [6, 6.07) is -7.90. The number of nitrogens with two attached hydrogens (primary N) is 4. The Hall–Kier alpha value is -8.52.